The number of hydrogen-bond acceptors (Lipinski definition) is 2. The van der Waals surface area contributed by atoms with Gasteiger partial charge in [-0.3, -0.25) is 0 Å². The molecule has 1 N–H and O–H groups in total. The molecule has 78 valence electrons. The molecule has 2 heterocycles. The Labute approximate surface area is 90.8 Å². The molecule has 0 unspecified atom stereocenters. The summed E-state index contributed by atoms with van der Waals surface area (Å²) in [4.78, 5) is 4.65. The Morgan fingerprint density at radius 2 is 2.33 bits per heavy atom. The van der Waals surface area contributed by atoms with Crippen molar-refractivity contribution in [1.29, 1.82) is 0 Å². The van der Waals surface area contributed by atoms with E-state index in [4.69, 9.17) is 0 Å². The lowest BCUT2D eigenvalue weighted by Gasteiger charge is -2.04. The summed E-state index contributed by atoms with van der Waals surface area (Å²) >= 11 is 0. The Kier molecular flexibility index (Phi) is 1.88. The Bertz CT molecular complexity index is 523. The van der Waals surface area contributed by atoms with E-state index in [-0.39, 0.29) is 1.43 Å². The fourth-order valence-electron chi connectivity index (χ4n) is 2.14. The lowest BCUT2D eigenvalue weighted by molar-refractivity contribution is 1.11. The van der Waals surface area contributed by atoms with Gasteiger partial charge in [-0.1, -0.05) is 19.1 Å². The molecule has 3 rings (SSSR count). The van der Waals surface area contributed by atoms with Gasteiger partial charge in [-0.2, -0.15) is 0 Å². The largest absolute Gasteiger partial charge is 0.369 e. The number of rotatable bonds is 1. The molecule has 2 aromatic rings. The van der Waals surface area contributed by atoms with Crippen molar-refractivity contribution in [3.8, 4) is 0 Å². The first kappa shape index (κ1) is 8.72. The van der Waals surface area contributed by atoms with E-state index >= 15 is 0 Å². The van der Waals surface area contributed by atoms with Crippen LogP contribution in [0.5, 0.6) is 0 Å². The monoisotopic (exact) mass is 200 g/mol. The molecule has 2 nitrogen and oxygen atoms in total. The van der Waals surface area contributed by atoms with E-state index in [1.165, 1.54) is 16.5 Å². The van der Waals surface area contributed by atoms with E-state index < -0.39 is 0 Å². The molecule has 0 spiro atoms. The highest BCUT2D eigenvalue weighted by Crippen LogP contribution is 2.25. The number of fused-ring (bicyclic) bond motifs is 2. The second kappa shape index (κ2) is 3.23. The third kappa shape index (κ3) is 1.37. The van der Waals surface area contributed by atoms with Crippen LogP contribution in [-0.2, 0) is 12.8 Å². The molecule has 0 saturated carbocycles. The minimum Gasteiger partial charge on any atom is -0.369 e. The zero-order chi connectivity index (χ0) is 10.3. The standard InChI is InChI=1S/C13H14N2.H2/c1-2-9-3-4-10-8-11-5-6-14-13(11)15-12(10)7-9;/h3-4,7-8H,2,5-6H2,1H3,(H,14,15);1H. The third-order valence-corrected chi connectivity index (χ3v) is 3.06. The van der Waals surface area contributed by atoms with Gasteiger partial charge in [-0.05, 0) is 36.1 Å². The van der Waals surface area contributed by atoms with Gasteiger partial charge in [0.1, 0.15) is 5.82 Å². The topological polar surface area (TPSA) is 24.9 Å². The first-order valence-electron chi connectivity index (χ1n) is 5.53. The summed E-state index contributed by atoms with van der Waals surface area (Å²) in [5, 5.41) is 4.58. The molecule has 1 aliphatic heterocycles. The predicted octanol–water partition coefficient (Wildman–Crippen LogP) is 3.01. The average molecular weight is 200 g/mol. The van der Waals surface area contributed by atoms with Gasteiger partial charge in [0.15, 0.2) is 0 Å². The van der Waals surface area contributed by atoms with Gasteiger partial charge in [0, 0.05) is 13.4 Å². The van der Waals surface area contributed by atoms with E-state index in [0.717, 1.165) is 30.7 Å². The molecule has 0 saturated heterocycles. The van der Waals surface area contributed by atoms with Crippen LogP contribution in [0.1, 0.15) is 19.5 Å². The molecule has 15 heavy (non-hydrogen) atoms. The maximum absolute atomic E-state index is 4.65. The van der Waals surface area contributed by atoms with Crippen molar-refractivity contribution < 1.29 is 1.43 Å². The van der Waals surface area contributed by atoms with Gasteiger partial charge in [0.2, 0.25) is 0 Å². The van der Waals surface area contributed by atoms with Crippen LogP contribution in [0.2, 0.25) is 0 Å². The highest BCUT2D eigenvalue weighted by Gasteiger charge is 2.12. The van der Waals surface area contributed by atoms with Gasteiger partial charge in [-0.25, -0.2) is 4.98 Å². The molecule has 1 aliphatic rings. The summed E-state index contributed by atoms with van der Waals surface area (Å²) in [5.74, 6) is 1.08. The molecular weight excluding hydrogens is 184 g/mol. The third-order valence-electron chi connectivity index (χ3n) is 3.06. The molecule has 0 radical (unpaired) electrons. The molecule has 0 atom stereocenters. The van der Waals surface area contributed by atoms with Gasteiger partial charge in [-0.15, -0.1) is 0 Å². The molecule has 2 heteroatoms. The summed E-state index contributed by atoms with van der Waals surface area (Å²) in [5.41, 5.74) is 3.82. The van der Waals surface area contributed by atoms with Crippen molar-refractivity contribution in [2.75, 3.05) is 11.9 Å². The highest BCUT2D eigenvalue weighted by atomic mass is 15.0. The second-order valence-electron chi connectivity index (χ2n) is 4.05. The van der Waals surface area contributed by atoms with Crippen LogP contribution in [0.4, 0.5) is 5.82 Å². The normalized spacial score (nSPS) is 13.9. The van der Waals surface area contributed by atoms with Crippen molar-refractivity contribution in [2.24, 2.45) is 0 Å². The molecule has 1 aromatic heterocycles. The van der Waals surface area contributed by atoms with Crippen molar-refractivity contribution in [1.82, 2.24) is 4.98 Å². The van der Waals surface area contributed by atoms with Gasteiger partial charge in [0.25, 0.3) is 0 Å². The maximum atomic E-state index is 4.65. The SMILES string of the molecule is CCc1ccc2cc3c(nc2c1)NCC3.[HH]. The Morgan fingerprint density at radius 1 is 1.40 bits per heavy atom. The van der Waals surface area contributed by atoms with Crippen LogP contribution in [0.3, 0.4) is 0 Å². The second-order valence-corrected chi connectivity index (χ2v) is 4.05. The quantitative estimate of drug-likeness (QED) is 0.765. The Hall–Kier alpha value is -1.57. The Balaban J connectivity index is 0.000000963. The number of pyridine rings is 1. The van der Waals surface area contributed by atoms with E-state index in [1.54, 1.807) is 0 Å². The number of nitrogens with one attached hydrogen (secondary N) is 1. The number of aryl methyl sites for hydroxylation is 1. The van der Waals surface area contributed by atoms with Gasteiger partial charge >= 0.3 is 0 Å². The summed E-state index contributed by atoms with van der Waals surface area (Å²) in [6.45, 7) is 3.20. The zero-order valence-corrected chi connectivity index (χ0v) is 8.88. The van der Waals surface area contributed by atoms with Crippen LogP contribution in [0.25, 0.3) is 10.9 Å². The smallest absolute Gasteiger partial charge is 0.129 e. The summed E-state index contributed by atoms with van der Waals surface area (Å²) in [6.07, 6.45) is 2.18. The van der Waals surface area contributed by atoms with E-state index in [1.807, 2.05) is 0 Å². The first-order valence-corrected chi connectivity index (χ1v) is 5.53. The molecule has 0 aliphatic carbocycles. The molecule has 0 bridgehead atoms. The van der Waals surface area contributed by atoms with Crippen LogP contribution in [0.15, 0.2) is 24.3 Å². The predicted molar refractivity (Wildman–Crippen MR) is 65.4 cm³/mol. The number of aromatic nitrogens is 1. The number of nitrogens with zero attached hydrogens (tertiary/aromatic N) is 1. The van der Waals surface area contributed by atoms with Crippen molar-refractivity contribution in [2.45, 2.75) is 19.8 Å². The Morgan fingerprint density at radius 3 is 3.20 bits per heavy atom. The lowest BCUT2D eigenvalue weighted by atomic mass is 10.1. The summed E-state index contributed by atoms with van der Waals surface area (Å²) in [7, 11) is 0. The van der Waals surface area contributed by atoms with Crippen molar-refractivity contribution in [3.05, 3.63) is 35.4 Å². The zero-order valence-electron chi connectivity index (χ0n) is 8.88. The van der Waals surface area contributed by atoms with E-state index in [2.05, 4.69) is 41.5 Å². The van der Waals surface area contributed by atoms with Crippen LogP contribution >= 0.6 is 0 Å². The van der Waals surface area contributed by atoms with Crippen LogP contribution in [-0.4, -0.2) is 11.5 Å². The summed E-state index contributed by atoms with van der Waals surface area (Å²) < 4.78 is 0. The average Bonchev–Trinajstić information content (AvgIpc) is 2.72. The summed E-state index contributed by atoms with van der Waals surface area (Å²) in [6, 6.07) is 8.82. The van der Waals surface area contributed by atoms with Crippen LogP contribution < -0.4 is 5.32 Å². The highest BCUT2D eigenvalue weighted by molar-refractivity contribution is 5.83. The van der Waals surface area contributed by atoms with Crippen molar-refractivity contribution in [3.63, 3.8) is 0 Å². The fourth-order valence-corrected chi connectivity index (χ4v) is 2.14. The first-order chi connectivity index (χ1) is 7.36. The minimum atomic E-state index is 0. The van der Waals surface area contributed by atoms with Gasteiger partial charge < -0.3 is 5.32 Å². The molecule has 0 fully saturated rings. The molecule has 0 amide bonds. The lowest BCUT2D eigenvalue weighted by Crippen LogP contribution is -1.93. The maximum Gasteiger partial charge on any atom is 0.129 e. The van der Waals surface area contributed by atoms with Crippen molar-refractivity contribution >= 4 is 16.7 Å². The van der Waals surface area contributed by atoms with Gasteiger partial charge in [0.05, 0.1) is 5.52 Å². The minimum absolute atomic E-state index is 0. The number of benzene rings is 1. The van der Waals surface area contributed by atoms with E-state index in [0.29, 0.717) is 0 Å². The number of hydrogen-bond donors (Lipinski definition) is 1. The van der Waals surface area contributed by atoms with Crippen LogP contribution in [0, 0.1) is 0 Å². The fraction of sp³-hybridized carbons (Fsp3) is 0.308. The molecule has 1 aromatic carbocycles. The molecular formula is C13H16N2. The number of anilines is 1. The van der Waals surface area contributed by atoms with E-state index in [9.17, 15) is 0 Å².